The van der Waals surface area contributed by atoms with Crippen LogP contribution in [-0.4, -0.2) is 34.9 Å². The first kappa shape index (κ1) is 24.1. The van der Waals surface area contributed by atoms with Crippen molar-refractivity contribution >= 4 is 5.69 Å². The van der Waals surface area contributed by atoms with E-state index >= 15 is 0 Å². The molecule has 0 radical (unpaired) electrons. The Kier molecular flexibility index (Phi) is 5.43. The van der Waals surface area contributed by atoms with Gasteiger partial charge in [0.25, 0.3) is 11.2 Å². The van der Waals surface area contributed by atoms with Crippen molar-refractivity contribution in [2.75, 3.05) is 5.73 Å². The lowest BCUT2D eigenvalue weighted by molar-refractivity contribution is -0.377. The molecular formula is C13H9F12NO2. The van der Waals surface area contributed by atoms with Gasteiger partial charge in [0, 0.05) is 16.8 Å². The zero-order valence-electron chi connectivity index (χ0n) is 13.2. The Hall–Kier alpha value is -1.90. The van der Waals surface area contributed by atoms with E-state index in [2.05, 4.69) is 0 Å². The van der Waals surface area contributed by atoms with E-state index < -0.39 is 58.3 Å². The van der Waals surface area contributed by atoms with Gasteiger partial charge >= 0.3 is 24.7 Å². The first-order chi connectivity index (χ1) is 12.0. The van der Waals surface area contributed by atoms with Gasteiger partial charge in [0.15, 0.2) is 0 Å². The van der Waals surface area contributed by atoms with Crippen molar-refractivity contribution in [3.8, 4) is 0 Å². The maximum atomic E-state index is 13.0. The third-order valence-electron chi connectivity index (χ3n) is 3.74. The van der Waals surface area contributed by atoms with Crippen LogP contribution in [0.5, 0.6) is 0 Å². The Morgan fingerprint density at radius 3 is 1.00 bits per heavy atom. The van der Waals surface area contributed by atoms with Crippen LogP contribution < -0.4 is 5.73 Å². The highest BCUT2D eigenvalue weighted by atomic mass is 19.4. The summed E-state index contributed by atoms with van der Waals surface area (Å²) >= 11 is 0. The second-order valence-electron chi connectivity index (χ2n) is 5.69. The van der Waals surface area contributed by atoms with Crippen molar-refractivity contribution in [2.45, 2.75) is 42.8 Å². The van der Waals surface area contributed by atoms with Crippen LogP contribution in [0.4, 0.5) is 58.4 Å². The number of alkyl halides is 12. The van der Waals surface area contributed by atoms with Gasteiger partial charge in [0.1, 0.15) is 0 Å². The summed E-state index contributed by atoms with van der Waals surface area (Å²) in [7, 11) is 0. The fourth-order valence-electron chi connectivity index (χ4n) is 2.33. The van der Waals surface area contributed by atoms with E-state index in [4.69, 9.17) is 5.73 Å². The first-order valence-corrected chi connectivity index (χ1v) is 6.66. The second kappa shape index (κ2) is 6.30. The van der Waals surface area contributed by atoms with Crippen LogP contribution in [0.2, 0.25) is 0 Å². The number of nitrogens with two attached hydrogens (primary N) is 1. The van der Waals surface area contributed by atoms with E-state index in [-0.39, 0.29) is 12.1 Å². The van der Waals surface area contributed by atoms with Gasteiger partial charge < -0.3 is 15.9 Å². The number of hydrogen-bond acceptors (Lipinski definition) is 3. The summed E-state index contributed by atoms with van der Waals surface area (Å²) in [6.07, 6.45) is -26.6. The minimum atomic E-state index is -6.64. The fourth-order valence-corrected chi connectivity index (χ4v) is 2.33. The summed E-state index contributed by atoms with van der Waals surface area (Å²) in [4.78, 5) is 0. The monoisotopic (exact) mass is 439 g/mol. The molecule has 0 bridgehead atoms. The van der Waals surface area contributed by atoms with Crippen LogP contribution in [0.15, 0.2) is 12.1 Å². The molecule has 3 nitrogen and oxygen atoms in total. The number of benzene rings is 1. The average molecular weight is 439 g/mol. The van der Waals surface area contributed by atoms with Gasteiger partial charge in [-0.2, -0.15) is 52.7 Å². The smallest absolute Gasteiger partial charge is 0.398 e. The maximum absolute atomic E-state index is 13.0. The second-order valence-corrected chi connectivity index (χ2v) is 5.69. The first-order valence-electron chi connectivity index (χ1n) is 6.66. The van der Waals surface area contributed by atoms with Gasteiger partial charge in [-0.25, -0.2) is 0 Å². The molecule has 0 atom stereocenters. The average Bonchev–Trinajstić information content (AvgIpc) is 2.42. The molecule has 0 heterocycles. The van der Waals surface area contributed by atoms with Crippen LogP contribution in [0, 0.1) is 6.92 Å². The highest BCUT2D eigenvalue weighted by Gasteiger charge is 2.75. The van der Waals surface area contributed by atoms with Gasteiger partial charge in [0.2, 0.25) is 0 Å². The zero-order chi connectivity index (χ0) is 22.7. The maximum Gasteiger partial charge on any atom is 0.430 e. The molecule has 0 saturated heterocycles. The Labute approximate surface area is 147 Å². The molecule has 0 spiro atoms. The minimum absolute atomic E-state index is 0.188. The van der Waals surface area contributed by atoms with Crippen LogP contribution in [-0.2, 0) is 11.2 Å². The molecule has 0 amide bonds. The van der Waals surface area contributed by atoms with E-state index in [0.29, 0.717) is 6.92 Å². The summed E-state index contributed by atoms with van der Waals surface area (Å²) < 4.78 is 156. The molecule has 0 aromatic heterocycles. The number of hydrogen-bond donors (Lipinski definition) is 3. The van der Waals surface area contributed by atoms with Crippen molar-refractivity contribution in [1.82, 2.24) is 0 Å². The van der Waals surface area contributed by atoms with Crippen LogP contribution >= 0.6 is 0 Å². The van der Waals surface area contributed by atoms with Crippen LogP contribution in [0.1, 0.15) is 16.7 Å². The van der Waals surface area contributed by atoms with E-state index in [1.165, 1.54) is 0 Å². The van der Waals surface area contributed by atoms with Crippen molar-refractivity contribution in [2.24, 2.45) is 0 Å². The minimum Gasteiger partial charge on any atom is -0.398 e. The van der Waals surface area contributed by atoms with Gasteiger partial charge in [-0.1, -0.05) is 17.7 Å². The van der Waals surface area contributed by atoms with Crippen molar-refractivity contribution in [3.05, 3.63) is 28.8 Å². The Balaban J connectivity index is 4.12. The fraction of sp³-hybridized carbons (Fsp3) is 0.538. The normalized spacial score (nSPS) is 15.1. The van der Waals surface area contributed by atoms with Crippen molar-refractivity contribution in [1.29, 1.82) is 0 Å². The van der Waals surface area contributed by atoms with E-state index in [9.17, 15) is 62.9 Å². The number of halogens is 12. The summed E-state index contributed by atoms with van der Waals surface area (Å²) in [6.45, 7) is 0.535. The predicted octanol–water partition coefficient (Wildman–Crippen LogP) is 4.20. The highest BCUT2D eigenvalue weighted by Crippen LogP contribution is 2.56. The van der Waals surface area contributed by atoms with Crippen LogP contribution in [0.25, 0.3) is 0 Å². The lowest BCUT2D eigenvalue weighted by Gasteiger charge is -2.37. The van der Waals surface area contributed by atoms with Gasteiger partial charge in [-0.3, -0.25) is 0 Å². The standard InChI is InChI=1S/C13H9F12NO2/c1-4-2-5(8(27,10(14,15)16)11(17,18)19)7(26)6(3-4)9(28,12(20,21)22)13(23,24)25/h2-3,27-28H,26H2,1H3. The molecule has 0 aliphatic heterocycles. The van der Waals surface area contributed by atoms with Gasteiger partial charge in [-0.15, -0.1) is 0 Å². The molecule has 162 valence electrons. The Bertz CT molecular complexity index is 657. The van der Waals surface area contributed by atoms with Gasteiger partial charge in [-0.05, 0) is 6.92 Å². The summed E-state index contributed by atoms with van der Waals surface area (Å²) in [5, 5.41) is 18.6. The lowest BCUT2D eigenvalue weighted by atomic mass is 9.82. The lowest BCUT2D eigenvalue weighted by Crippen LogP contribution is -2.56. The Morgan fingerprint density at radius 1 is 0.607 bits per heavy atom. The third kappa shape index (κ3) is 3.33. The van der Waals surface area contributed by atoms with E-state index in [1.54, 1.807) is 0 Å². The summed E-state index contributed by atoms with van der Waals surface area (Å²) in [6, 6.07) is -0.375. The summed E-state index contributed by atoms with van der Waals surface area (Å²) in [5.41, 5.74) is -15.5. The quantitative estimate of drug-likeness (QED) is 0.478. The van der Waals surface area contributed by atoms with E-state index in [0.717, 1.165) is 0 Å². The number of anilines is 1. The number of nitrogen functional groups attached to an aromatic ring is 1. The van der Waals surface area contributed by atoms with Gasteiger partial charge in [0.05, 0.1) is 0 Å². The van der Waals surface area contributed by atoms with Crippen molar-refractivity contribution in [3.63, 3.8) is 0 Å². The molecular weight excluding hydrogens is 430 g/mol. The predicted molar refractivity (Wildman–Crippen MR) is 67.6 cm³/mol. The summed E-state index contributed by atoms with van der Waals surface area (Å²) in [5.74, 6) is 0. The molecule has 1 aromatic rings. The molecule has 1 rings (SSSR count). The SMILES string of the molecule is Cc1cc(C(O)(C(F)(F)F)C(F)(F)F)c(N)c(C(O)(C(F)(F)F)C(F)(F)F)c1. The largest absolute Gasteiger partial charge is 0.430 e. The number of aliphatic hydroxyl groups is 2. The topological polar surface area (TPSA) is 66.5 Å². The van der Waals surface area contributed by atoms with Crippen LogP contribution in [0.3, 0.4) is 0 Å². The van der Waals surface area contributed by atoms with Crippen molar-refractivity contribution < 1.29 is 62.9 Å². The molecule has 0 aliphatic carbocycles. The zero-order valence-corrected chi connectivity index (χ0v) is 13.2. The number of aryl methyl sites for hydroxylation is 1. The molecule has 28 heavy (non-hydrogen) atoms. The molecule has 0 fully saturated rings. The highest BCUT2D eigenvalue weighted by molar-refractivity contribution is 5.61. The Morgan fingerprint density at radius 2 is 0.821 bits per heavy atom. The molecule has 0 unspecified atom stereocenters. The number of rotatable bonds is 2. The molecule has 0 aliphatic rings. The van der Waals surface area contributed by atoms with E-state index in [1.807, 2.05) is 0 Å². The third-order valence-corrected chi connectivity index (χ3v) is 3.74. The molecule has 0 saturated carbocycles. The molecule has 4 N–H and O–H groups in total. The molecule has 1 aromatic carbocycles. The molecule has 15 heteroatoms.